The van der Waals surface area contributed by atoms with E-state index in [1.807, 2.05) is 5.32 Å². The van der Waals surface area contributed by atoms with Gasteiger partial charge in [0.2, 0.25) is 0 Å². The Balaban J connectivity index is 1.94. The van der Waals surface area contributed by atoms with Gasteiger partial charge in [-0.3, -0.25) is 19.7 Å². The fourth-order valence-corrected chi connectivity index (χ4v) is 2.99. The van der Waals surface area contributed by atoms with Crippen LogP contribution in [0.4, 0.5) is 24.5 Å². The first-order valence-corrected chi connectivity index (χ1v) is 9.20. The van der Waals surface area contributed by atoms with E-state index in [0.717, 1.165) is 23.9 Å². The number of amides is 1. The van der Waals surface area contributed by atoms with Gasteiger partial charge in [0, 0.05) is 23.5 Å². The molecule has 2 rings (SSSR count). The van der Waals surface area contributed by atoms with Crippen molar-refractivity contribution in [1.29, 1.82) is 0 Å². The number of aromatic nitrogens is 2. The molecule has 0 aliphatic carbocycles. The number of nitrogens with one attached hydrogen (secondary N) is 1. The van der Waals surface area contributed by atoms with E-state index in [4.69, 9.17) is 4.74 Å². The molecule has 0 saturated carbocycles. The number of rotatable bonds is 7. The van der Waals surface area contributed by atoms with E-state index < -0.39 is 46.5 Å². The number of ether oxygens (including phenoxy) is 1. The molecule has 160 valence electrons. The molecule has 0 atom stereocenters. The van der Waals surface area contributed by atoms with Crippen LogP contribution in [0.5, 0.6) is 0 Å². The Hall–Kier alpha value is -3.22. The lowest BCUT2D eigenvalue weighted by atomic mass is 10.1. The van der Waals surface area contributed by atoms with Gasteiger partial charge in [0.25, 0.3) is 11.6 Å². The van der Waals surface area contributed by atoms with Crippen molar-refractivity contribution in [2.45, 2.75) is 25.2 Å². The van der Waals surface area contributed by atoms with Crippen LogP contribution < -0.4 is 5.32 Å². The van der Waals surface area contributed by atoms with Gasteiger partial charge in [0.05, 0.1) is 21.9 Å². The minimum atomic E-state index is -4.94. The smallest absolute Gasteiger partial charge is 0.418 e. The number of hydrogen-bond donors (Lipinski definition) is 1. The first-order chi connectivity index (χ1) is 14.0. The summed E-state index contributed by atoms with van der Waals surface area (Å²) < 4.78 is 44.0. The SMILES string of the molecule is Cc1cc(C)nc(SCC(=O)OCC(=O)Nc2ccc([N+](=O)[O-])cc2C(F)(F)F)n1. The molecule has 13 heteroatoms. The molecule has 0 radical (unpaired) electrons. The fraction of sp³-hybridized carbons (Fsp3) is 0.294. The first kappa shape index (κ1) is 23.1. The summed E-state index contributed by atoms with van der Waals surface area (Å²) in [6.07, 6.45) is -4.94. The van der Waals surface area contributed by atoms with E-state index in [1.165, 1.54) is 0 Å². The zero-order chi connectivity index (χ0) is 22.5. The van der Waals surface area contributed by atoms with Gasteiger partial charge < -0.3 is 10.1 Å². The molecule has 0 spiro atoms. The van der Waals surface area contributed by atoms with E-state index >= 15 is 0 Å². The number of hydrogen-bond acceptors (Lipinski definition) is 8. The molecule has 30 heavy (non-hydrogen) atoms. The highest BCUT2D eigenvalue weighted by molar-refractivity contribution is 7.99. The number of non-ortho nitro benzene ring substituents is 1. The highest BCUT2D eigenvalue weighted by Gasteiger charge is 2.35. The summed E-state index contributed by atoms with van der Waals surface area (Å²) in [6, 6.07) is 3.63. The number of thioether (sulfide) groups is 1. The van der Waals surface area contributed by atoms with Crippen LogP contribution in [0.2, 0.25) is 0 Å². The second-order valence-corrected chi connectivity index (χ2v) is 6.86. The summed E-state index contributed by atoms with van der Waals surface area (Å²) in [5.41, 5.74) is -1.44. The van der Waals surface area contributed by atoms with E-state index in [-0.39, 0.29) is 5.75 Å². The van der Waals surface area contributed by atoms with Gasteiger partial charge in [-0.15, -0.1) is 0 Å². The molecule has 0 saturated heterocycles. The normalized spacial score (nSPS) is 11.1. The second-order valence-electron chi connectivity index (χ2n) is 5.92. The lowest BCUT2D eigenvalue weighted by molar-refractivity contribution is -0.385. The van der Waals surface area contributed by atoms with Crippen LogP contribution >= 0.6 is 11.8 Å². The molecular formula is C17H15F3N4O5S. The molecule has 0 bridgehead atoms. The van der Waals surface area contributed by atoms with Crippen LogP contribution in [0.3, 0.4) is 0 Å². The summed E-state index contributed by atoms with van der Waals surface area (Å²) >= 11 is 0.982. The summed E-state index contributed by atoms with van der Waals surface area (Å²) in [6.45, 7) is 2.69. The average molecular weight is 444 g/mol. The maximum Gasteiger partial charge on any atom is 0.418 e. The van der Waals surface area contributed by atoms with Crippen molar-refractivity contribution in [3.63, 3.8) is 0 Å². The molecule has 0 aliphatic heterocycles. The first-order valence-electron chi connectivity index (χ1n) is 8.22. The van der Waals surface area contributed by atoms with Crippen LogP contribution in [0.1, 0.15) is 17.0 Å². The number of nitro benzene ring substituents is 1. The van der Waals surface area contributed by atoms with Gasteiger partial charge >= 0.3 is 12.1 Å². The van der Waals surface area contributed by atoms with Crippen molar-refractivity contribution in [3.05, 3.63) is 51.3 Å². The lowest BCUT2D eigenvalue weighted by Crippen LogP contribution is -2.23. The molecule has 1 N–H and O–H groups in total. The summed E-state index contributed by atoms with van der Waals surface area (Å²) in [5.74, 6) is -2.03. The van der Waals surface area contributed by atoms with Gasteiger partial charge in [-0.05, 0) is 26.0 Å². The molecule has 9 nitrogen and oxygen atoms in total. The van der Waals surface area contributed by atoms with Crippen LogP contribution in [-0.2, 0) is 20.5 Å². The van der Waals surface area contributed by atoms with Crippen molar-refractivity contribution in [2.24, 2.45) is 0 Å². The van der Waals surface area contributed by atoms with Crippen molar-refractivity contribution < 1.29 is 32.4 Å². The van der Waals surface area contributed by atoms with Crippen LogP contribution in [0.25, 0.3) is 0 Å². The van der Waals surface area contributed by atoms with Gasteiger partial charge in [0.15, 0.2) is 11.8 Å². The predicted octanol–water partition coefficient (Wildman–Crippen LogP) is 3.29. The quantitative estimate of drug-likeness (QED) is 0.227. The number of carbonyl (C=O) groups excluding carboxylic acids is 2. The number of alkyl halides is 3. The van der Waals surface area contributed by atoms with Gasteiger partial charge in [-0.2, -0.15) is 13.2 Å². The number of anilines is 1. The molecule has 2 aromatic rings. The van der Waals surface area contributed by atoms with E-state index in [0.29, 0.717) is 22.6 Å². The number of nitro groups is 1. The number of halogens is 3. The fourth-order valence-electron chi connectivity index (χ4n) is 2.24. The molecular weight excluding hydrogens is 429 g/mol. The third kappa shape index (κ3) is 6.69. The van der Waals surface area contributed by atoms with Gasteiger partial charge in [0.1, 0.15) is 0 Å². The minimum Gasteiger partial charge on any atom is -0.455 e. The Labute approximate surface area is 172 Å². The largest absolute Gasteiger partial charge is 0.455 e. The maximum atomic E-state index is 13.1. The van der Waals surface area contributed by atoms with Crippen molar-refractivity contribution >= 4 is 35.0 Å². The third-order valence-corrected chi connectivity index (χ3v) is 4.26. The summed E-state index contributed by atoms with van der Waals surface area (Å²) in [4.78, 5) is 41.5. The lowest BCUT2D eigenvalue weighted by Gasteiger charge is -2.13. The summed E-state index contributed by atoms with van der Waals surface area (Å²) in [5, 5.41) is 13.0. The Bertz CT molecular complexity index is 964. The summed E-state index contributed by atoms with van der Waals surface area (Å²) in [7, 11) is 0. The van der Waals surface area contributed by atoms with Gasteiger partial charge in [-0.25, -0.2) is 9.97 Å². The van der Waals surface area contributed by atoms with Crippen molar-refractivity contribution in [1.82, 2.24) is 9.97 Å². The predicted molar refractivity (Wildman–Crippen MR) is 99.9 cm³/mol. The Morgan fingerprint density at radius 1 is 1.20 bits per heavy atom. The molecule has 1 aromatic carbocycles. The van der Waals surface area contributed by atoms with Crippen LogP contribution in [0.15, 0.2) is 29.4 Å². The zero-order valence-corrected chi connectivity index (χ0v) is 16.5. The monoisotopic (exact) mass is 444 g/mol. The number of carbonyl (C=O) groups is 2. The van der Waals surface area contributed by atoms with Gasteiger partial charge in [-0.1, -0.05) is 11.8 Å². The number of benzene rings is 1. The van der Waals surface area contributed by atoms with E-state index in [1.54, 1.807) is 19.9 Å². The minimum absolute atomic E-state index is 0.207. The Morgan fingerprint density at radius 2 is 1.83 bits per heavy atom. The number of esters is 1. The average Bonchev–Trinajstić information content (AvgIpc) is 2.63. The molecule has 1 heterocycles. The second kappa shape index (κ2) is 9.52. The van der Waals surface area contributed by atoms with Crippen LogP contribution in [0, 0.1) is 24.0 Å². The standard InChI is InChI=1S/C17H15F3N4O5S/c1-9-5-10(2)22-16(21-9)30-8-15(26)29-7-14(25)23-13-4-3-11(24(27)28)6-12(13)17(18,19)20/h3-6H,7-8H2,1-2H3,(H,23,25). The van der Waals surface area contributed by atoms with E-state index in [2.05, 4.69) is 9.97 Å². The van der Waals surface area contributed by atoms with Crippen LogP contribution in [-0.4, -0.2) is 39.1 Å². The van der Waals surface area contributed by atoms with E-state index in [9.17, 15) is 32.9 Å². The highest BCUT2D eigenvalue weighted by atomic mass is 32.2. The number of nitrogens with zero attached hydrogens (tertiary/aromatic N) is 3. The maximum absolute atomic E-state index is 13.1. The molecule has 0 fully saturated rings. The Morgan fingerprint density at radius 3 is 2.40 bits per heavy atom. The highest BCUT2D eigenvalue weighted by Crippen LogP contribution is 2.37. The zero-order valence-electron chi connectivity index (χ0n) is 15.6. The topological polar surface area (TPSA) is 124 Å². The molecule has 0 unspecified atom stereocenters. The molecule has 1 amide bonds. The Kier molecular flexibility index (Phi) is 7.32. The van der Waals surface area contributed by atoms with Crippen molar-refractivity contribution in [3.8, 4) is 0 Å². The molecule has 1 aromatic heterocycles. The van der Waals surface area contributed by atoms with Crippen molar-refractivity contribution in [2.75, 3.05) is 17.7 Å². The molecule has 0 aliphatic rings. The number of aryl methyl sites for hydroxylation is 2. The third-order valence-electron chi connectivity index (χ3n) is 3.44.